The third-order valence-electron chi connectivity index (χ3n) is 3.22. The van der Waals surface area contributed by atoms with E-state index < -0.39 is 6.23 Å². The fourth-order valence-corrected chi connectivity index (χ4v) is 2.06. The number of aliphatic hydroxyl groups is 1. The Morgan fingerprint density at radius 2 is 2.00 bits per heavy atom. The highest BCUT2D eigenvalue weighted by Gasteiger charge is 2.13. The lowest BCUT2D eigenvalue weighted by atomic mass is 10.1. The number of guanidine groups is 1. The van der Waals surface area contributed by atoms with Gasteiger partial charge in [0.1, 0.15) is 0 Å². The first-order chi connectivity index (χ1) is 10.5. The summed E-state index contributed by atoms with van der Waals surface area (Å²) < 4.78 is 0. The van der Waals surface area contributed by atoms with Gasteiger partial charge in [-0.25, -0.2) is 4.99 Å². The molecular formula is C17H20N4O. The van der Waals surface area contributed by atoms with E-state index in [4.69, 9.17) is 11.5 Å². The van der Waals surface area contributed by atoms with Crippen molar-refractivity contribution in [3.05, 3.63) is 78.3 Å². The molecule has 114 valence electrons. The molecule has 5 nitrogen and oxygen atoms in total. The zero-order chi connectivity index (χ0) is 16.1. The van der Waals surface area contributed by atoms with Crippen LogP contribution in [0.5, 0.6) is 0 Å². The van der Waals surface area contributed by atoms with Crippen molar-refractivity contribution in [3.8, 4) is 0 Å². The SMILES string of the molecule is C=C1C=C(C(O)N=C(N)N)C=CN1/C=C(\C)c1ccccc1. The molecule has 0 fully saturated rings. The number of aliphatic imine (C=N–C) groups is 1. The predicted molar refractivity (Wildman–Crippen MR) is 90.1 cm³/mol. The molecular weight excluding hydrogens is 276 g/mol. The first-order valence-electron chi connectivity index (χ1n) is 6.85. The fourth-order valence-electron chi connectivity index (χ4n) is 2.06. The summed E-state index contributed by atoms with van der Waals surface area (Å²) in [5.41, 5.74) is 14.1. The summed E-state index contributed by atoms with van der Waals surface area (Å²) >= 11 is 0. The Morgan fingerprint density at radius 1 is 1.32 bits per heavy atom. The molecule has 1 heterocycles. The number of hydrogen-bond acceptors (Lipinski definition) is 3. The monoisotopic (exact) mass is 296 g/mol. The third kappa shape index (κ3) is 3.86. The van der Waals surface area contributed by atoms with Gasteiger partial charge in [0.05, 0.1) is 0 Å². The van der Waals surface area contributed by atoms with Crippen molar-refractivity contribution in [2.45, 2.75) is 13.2 Å². The van der Waals surface area contributed by atoms with E-state index in [1.165, 1.54) is 0 Å². The van der Waals surface area contributed by atoms with Crippen molar-refractivity contribution in [1.29, 1.82) is 0 Å². The van der Waals surface area contributed by atoms with E-state index >= 15 is 0 Å². The Labute approximate surface area is 130 Å². The number of rotatable bonds is 4. The molecule has 0 amide bonds. The van der Waals surface area contributed by atoms with Crippen LogP contribution in [0.15, 0.2) is 77.7 Å². The molecule has 2 rings (SSSR count). The summed E-state index contributed by atoms with van der Waals surface area (Å²) in [6.45, 7) is 6.02. The molecule has 0 saturated carbocycles. The second kappa shape index (κ2) is 6.78. The van der Waals surface area contributed by atoms with Crippen LogP contribution in [0, 0.1) is 0 Å². The molecule has 5 heteroatoms. The molecule has 0 radical (unpaired) electrons. The van der Waals surface area contributed by atoms with Gasteiger partial charge in [-0.15, -0.1) is 0 Å². The van der Waals surface area contributed by atoms with Gasteiger partial charge in [-0.2, -0.15) is 0 Å². The highest BCUT2D eigenvalue weighted by atomic mass is 16.3. The fraction of sp³-hybridized carbons (Fsp3) is 0.118. The zero-order valence-electron chi connectivity index (χ0n) is 12.5. The zero-order valence-corrected chi connectivity index (χ0v) is 12.5. The third-order valence-corrected chi connectivity index (χ3v) is 3.22. The van der Waals surface area contributed by atoms with E-state index in [0.717, 1.165) is 16.8 Å². The quantitative estimate of drug-likeness (QED) is 0.585. The minimum Gasteiger partial charge on any atom is -0.370 e. The van der Waals surface area contributed by atoms with Crippen LogP contribution in [0.2, 0.25) is 0 Å². The van der Waals surface area contributed by atoms with Crippen molar-refractivity contribution in [3.63, 3.8) is 0 Å². The van der Waals surface area contributed by atoms with Crippen LogP contribution in [-0.4, -0.2) is 22.2 Å². The molecule has 1 aliphatic rings. The lowest BCUT2D eigenvalue weighted by Gasteiger charge is -2.23. The molecule has 1 atom stereocenters. The summed E-state index contributed by atoms with van der Waals surface area (Å²) in [5, 5.41) is 9.87. The van der Waals surface area contributed by atoms with Crippen LogP contribution in [0.3, 0.4) is 0 Å². The summed E-state index contributed by atoms with van der Waals surface area (Å²) in [6, 6.07) is 10.1. The summed E-state index contributed by atoms with van der Waals surface area (Å²) in [5.74, 6) is -0.158. The van der Waals surface area contributed by atoms with Gasteiger partial charge in [-0.3, -0.25) is 0 Å². The van der Waals surface area contributed by atoms with Crippen LogP contribution in [-0.2, 0) is 0 Å². The van der Waals surface area contributed by atoms with Crippen molar-refractivity contribution >= 4 is 11.5 Å². The van der Waals surface area contributed by atoms with Gasteiger partial charge in [0.25, 0.3) is 0 Å². The predicted octanol–water partition coefficient (Wildman–Crippen LogP) is 1.91. The van der Waals surface area contributed by atoms with Crippen LogP contribution < -0.4 is 11.5 Å². The maximum absolute atomic E-state index is 9.87. The Balaban J connectivity index is 2.15. The van der Waals surface area contributed by atoms with Crippen LogP contribution >= 0.6 is 0 Å². The van der Waals surface area contributed by atoms with Gasteiger partial charge in [0.2, 0.25) is 0 Å². The Bertz CT molecular complexity index is 667. The van der Waals surface area contributed by atoms with Crippen LogP contribution in [0.4, 0.5) is 0 Å². The first-order valence-corrected chi connectivity index (χ1v) is 6.85. The topological polar surface area (TPSA) is 87.9 Å². The van der Waals surface area contributed by atoms with Crippen molar-refractivity contribution in [2.24, 2.45) is 16.5 Å². The largest absolute Gasteiger partial charge is 0.370 e. The number of aliphatic hydroxyl groups excluding tert-OH is 1. The van der Waals surface area contributed by atoms with Gasteiger partial charge in [-0.05, 0) is 30.2 Å². The number of hydrogen-bond donors (Lipinski definition) is 3. The van der Waals surface area contributed by atoms with Crippen LogP contribution in [0.1, 0.15) is 12.5 Å². The molecule has 1 aromatic rings. The van der Waals surface area contributed by atoms with Crippen molar-refractivity contribution in [2.75, 3.05) is 0 Å². The number of allylic oxidation sites excluding steroid dienone is 2. The minimum atomic E-state index is -1.08. The van der Waals surface area contributed by atoms with Gasteiger partial charge in [0, 0.05) is 23.7 Å². The first kappa shape index (κ1) is 15.6. The van der Waals surface area contributed by atoms with E-state index in [1.807, 2.05) is 54.6 Å². The maximum Gasteiger partial charge on any atom is 0.188 e. The Kier molecular flexibility index (Phi) is 4.80. The second-order valence-electron chi connectivity index (χ2n) is 4.96. The van der Waals surface area contributed by atoms with E-state index in [1.54, 1.807) is 12.2 Å². The minimum absolute atomic E-state index is 0.158. The Morgan fingerprint density at radius 3 is 2.59 bits per heavy atom. The van der Waals surface area contributed by atoms with E-state index in [9.17, 15) is 5.11 Å². The lowest BCUT2D eigenvalue weighted by Crippen LogP contribution is -2.26. The smallest absolute Gasteiger partial charge is 0.188 e. The van der Waals surface area contributed by atoms with Gasteiger partial charge in [-0.1, -0.05) is 36.9 Å². The summed E-state index contributed by atoms with van der Waals surface area (Å²) in [4.78, 5) is 5.59. The maximum atomic E-state index is 9.87. The van der Waals surface area contributed by atoms with Gasteiger partial charge >= 0.3 is 0 Å². The number of nitrogens with zero attached hydrogens (tertiary/aromatic N) is 2. The molecule has 0 bridgehead atoms. The van der Waals surface area contributed by atoms with Gasteiger partial charge < -0.3 is 21.5 Å². The number of benzene rings is 1. The molecule has 0 spiro atoms. The highest BCUT2D eigenvalue weighted by molar-refractivity contribution is 5.76. The average Bonchev–Trinajstić information content (AvgIpc) is 2.49. The van der Waals surface area contributed by atoms with Crippen LogP contribution in [0.25, 0.3) is 5.57 Å². The van der Waals surface area contributed by atoms with E-state index in [-0.39, 0.29) is 5.96 Å². The molecule has 0 aromatic heterocycles. The lowest BCUT2D eigenvalue weighted by molar-refractivity contribution is 0.224. The molecule has 0 saturated heterocycles. The van der Waals surface area contributed by atoms with Gasteiger partial charge in [0.15, 0.2) is 12.2 Å². The molecule has 22 heavy (non-hydrogen) atoms. The standard InChI is InChI=1S/C17H20N4O/c1-12(14-6-4-3-5-7-14)11-21-9-8-15(10-13(21)2)16(22)20-17(18)19/h3-11,16,22H,2H2,1H3,(H4,18,19,20)/b12-11+. The second-order valence-corrected chi connectivity index (χ2v) is 4.96. The summed E-state index contributed by atoms with van der Waals surface area (Å²) in [7, 11) is 0. The molecule has 1 aromatic carbocycles. The number of nitrogens with two attached hydrogens (primary N) is 2. The van der Waals surface area contributed by atoms with Crippen molar-refractivity contribution in [1.82, 2.24) is 4.90 Å². The average molecular weight is 296 g/mol. The van der Waals surface area contributed by atoms with E-state index in [2.05, 4.69) is 11.6 Å². The molecule has 5 N–H and O–H groups in total. The van der Waals surface area contributed by atoms with E-state index in [0.29, 0.717) is 5.57 Å². The molecule has 1 aliphatic heterocycles. The Hall–Kier alpha value is -2.79. The molecule has 0 aliphatic carbocycles. The van der Waals surface area contributed by atoms with Crippen molar-refractivity contribution < 1.29 is 5.11 Å². The summed E-state index contributed by atoms with van der Waals surface area (Å²) in [6.07, 6.45) is 6.20. The normalized spacial score (nSPS) is 16.3. The highest BCUT2D eigenvalue weighted by Crippen LogP contribution is 2.22. The molecule has 1 unspecified atom stereocenters.